The summed E-state index contributed by atoms with van der Waals surface area (Å²) in [6.07, 6.45) is 1.98. The Labute approximate surface area is 129 Å². The van der Waals surface area contributed by atoms with Crippen LogP contribution in [0, 0.1) is 0 Å². The van der Waals surface area contributed by atoms with E-state index in [4.69, 9.17) is 9.47 Å². The highest BCUT2D eigenvalue weighted by molar-refractivity contribution is 7.98. The van der Waals surface area contributed by atoms with E-state index in [-0.39, 0.29) is 12.4 Å². The molecule has 0 atom stereocenters. The third-order valence-electron chi connectivity index (χ3n) is 2.92. The molecule has 0 heterocycles. The van der Waals surface area contributed by atoms with Gasteiger partial charge in [-0.15, -0.1) is 11.8 Å². The first-order valence-corrected chi connectivity index (χ1v) is 7.99. The van der Waals surface area contributed by atoms with Crippen molar-refractivity contribution in [2.75, 3.05) is 19.5 Å². The van der Waals surface area contributed by atoms with Gasteiger partial charge in [0, 0.05) is 4.90 Å². The first kappa shape index (κ1) is 15.4. The van der Waals surface area contributed by atoms with Crippen molar-refractivity contribution in [2.45, 2.75) is 11.8 Å². The molecular weight excluding hydrogens is 284 g/mol. The summed E-state index contributed by atoms with van der Waals surface area (Å²) in [6, 6.07) is 14.9. The number of benzene rings is 2. The van der Waals surface area contributed by atoms with Crippen LogP contribution in [0.4, 0.5) is 0 Å². The van der Waals surface area contributed by atoms with Gasteiger partial charge in [0.2, 0.25) is 5.78 Å². The predicted octanol–water partition coefficient (Wildman–Crippen LogP) is 4.07. The summed E-state index contributed by atoms with van der Waals surface area (Å²) in [6.45, 7) is 2.43. The van der Waals surface area contributed by atoms with E-state index >= 15 is 0 Å². The molecule has 0 aliphatic carbocycles. The molecule has 0 aliphatic rings. The van der Waals surface area contributed by atoms with E-state index in [0.29, 0.717) is 17.9 Å². The number of para-hydroxylation sites is 2. The van der Waals surface area contributed by atoms with Crippen LogP contribution in [0.3, 0.4) is 0 Å². The van der Waals surface area contributed by atoms with Crippen molar-refractivity contribution in [3.8, 4) is 11.5 Å². The summed E-state index contributed by atoms with van der Waals surface area (Å²) < 4.78 is 11.1. The Bertz CT molecular complexity index is 610. The van der Waals surface area contributed by atoms with Crippen molar-refractivity contribution in [3.05, 3.63) is 54.1 Å². The minimum Gasteiger partial charge on any atom is -0.493 e. The van der Waals surface area contributed by atoms with Crippen LogP contribution in [0.25, 0.3) is 0 Å². The van der Waals surface area contributed by atoms with E-state index in [1.54, 1.807) is 23.9 Å². The largest absolute Gasteiger partial charge is 0.493 e. The fourth-order valence-electron chi connectivity index (χ4n) is 1.94. The number of hydrogen-bond acceptors (Lipinski definition) is 4. The number of carbonyl (C=O) groups excluding carboxylic acids is 1. The van der Waals surface area contributed by atoms with E-state index < -0.39 is 0 Å². The molecule has 0 bridgehead atoms. The number of carbonyl (C=O) groups is 1. The number of thioether (sulfide) groups is 1. The number of hydrogen-bond donors (Lipinski definition) is 0. The van der Waals surface area contributed by atoms with Gasteiger partial charge in [-0.3, -0.25) is 4.79 Å². The molecule has 3 nitrogen and oxygen atoms in total. The molecule has 21 heavy (non-hydrogen) atoms. The topological polar surface area (TPSA) is 35.5 Å². The van der Waals surface area contributed by atoms with Crippen LogP contribution in [0.15, 0.2) is 53.4 Å². The summed E-state index contributed by atoms with van der Waals surface area (Å²) in [4.78, 5) is 13.3. The fourth-order valence-corrected chi connectivity index (χ4v) is 2.48. The molecule has 0 unspecified atom stereocenters. The van der Waals surface area contributed by atoms with Crippen LogP contribution in [-0.2, 0) is 0 Å². The van der Waals surface area contributed by atoms with Gasteiger partial charge in [-0.05, 0) is 37.4 Å². The second kappa shape index (κ2) is 7.74. The number of ketones is 1. The molecule has 2 rings (SSSR count). The van der Waals surface area contributed by atoms with Gasteiger partial charge in [0.25, 0.3) is 0 Å². The maximum absolute atomic E-state index is 12.3. The lowest BCUT2D eigenvalue weighted by atomic mass is 10.1. The summed E-state index contributed by atoms with van der Waals surface area (Å²) in [5, 5.41) is 0. The zero-order valence-electron chi connectivity index (χ0n) is 12.2. The van der Waals surface area contributed by atoms with E-state index in [2.05, 4.69) is 0 Å². The normalized spacial score (nSPS) is 10.2. The zero-order chi connectivity index (χ0) is 15.1. The van der Waals surface area contributed by atoms with Crippen LogP contribution < -0.4 is 9.47 Å². The van der Waals surface area contributed by atoms with Crippen LogP contribution in [-0.4, -0.2) is 25.3 Å². The van der Waals surface area contributed by atoms with Gasteiger partial charge in [-0.25, -0.2) is 0 Å². The fraction of sp³-hybridized carbons (Fsp3) is 0.235. The standard InChI is InChI=1S/C17H18O3S/c1-3-19-15-9-5-4-8-13(15)14(18)12-20-16-10-6-7-11-17(16)21-2/h4-11H,3,12H2,1-2H3. The quantitative estimate of drug-likeness (QED) is 0.570. The molecule has 0 saturated heterocycles. The SMILES string of the molecule is CCOc1ccccc1C(=O)COc1ccccc1SC. The Morgan fingerprint density at radius 1 is 1.00 bits per heavy atom. The number of rotatable bonds is 7. The van der Waals surface area contributed by atoms with E-state index in [1.807, 2.05) is 49.6 Å². The Kier molecular flexibility index (Phi) is 5.69. The van der Waals surface area contributed by atoms with Gasteiger partial charge in [0.15, 0.2) is 6.61 Å². The van der Waals surface area contributed by atoms with Gasteiger partial charge in [0.05, 0.1) is 12.2 Å². The van der Waals surface area contributed by atoms with E-state index in [9.17, 15) is 4.79 Å². The highest BCUT2D eigenvalue weighted by Gasteiger charge is 2.13. The third-order valence-corrected chi connectivity index (χ3v) is 3.69. The molecule has 0 saturated carbocycles. The first-order valence-electron chi connectivity index (χ1n) is 6.77. The monoisotopic (exact) mass is 302 g/mol. The minimum atomic E-state index is -0.0880. The minimum absolute atomic E-state index is 0.00165. The molecular formula is C17H18O3S. The molecule has 0 amide bonds. The number of ether oxygens (including phenoxy) is 2. The highest BCUT2D eigenvalue weighted by Crippen LogP contribution is 2.27. The molecule has 110 valence electrons. The van der Waals surface area contributed by atoms with Crippen LogP contribution >= 0.6 is 11.8 Å². The molecule has 2 aromatic carbocycles. The molecule has 0 fully saturated rings. The van der Waals surface area contributed by atoms with E-state index in [0.717, 1.165) is 10.6 Å². The second-order valence-corrected chi connectivity index (χ2v) is 5.14. The molecule has 2 aromatic rings. The zero-order valence-corrected chi connectivity index (χ0v) is 13.0. The smallest absolute Gasteiger partial charge is 0.203 e. The van der Waals surface area contributed by atoms with Crippen molar-refractivity contribution < 1.29 is 14.3 Å². The maximum atomic E-state index is 12.3. The molecule has 0 radical (unpaired) electrons. The van der Waals surface area contributed by atoms with Crippen LogP contribution in [0.5, 0.6) is 11.5 Å². The molecule has 0 aromatic heterocycles. The lowest BCUT2D eigenvalue weighted by molar-refractivity contribution is 0.0915. The van der Waals surface area contributed by atoms with Gasteiger partial charge < -0.3 is 9.47 Å². The Morgan fingerprint density at radius 2 is 1.67 bits per heavy atom. The summed E-state index contributed by atoms with van der Waals surface area (Å²) in [5.74, 6) is 1.24. The Morgan fingerprint density at radius 3 is 2.38 bits per heavy atom. The third kappa shape index (κ3) is 4.02. The van der Waals surface area contributed by atoms with Gasteiger partial charge in [0.1, 0.15) is 11.5 Å². The lowest BCUT2D eigenvalue weighted by Gasteiger charge is -2.11. The maximum Gasteiger partial charge on any atom is 0.203 e. The van der Waals surface area contributed by atoms with Crippen LogP contribution in [0.2, 0.25) is 0 Å². The molecule has 0 N–H and O–H groups in total. The average Bonchev–Trinajstić information content (AvgIpc) is 2.53. The van der Waals surface area contributed by atoms with Crippen molar-refractivity contribution in [1.82, 2.24) is 0 Å². The van der Waals surface area contributed by atoms with Crippen molar-refractivity contribution in [3.63, 3.8) is 0 Å². The van der Waals surface area contributed by atoms with Gasteiger partial charge in [-0.2, -0.15) is 0 Å². The van der Waals surface area contributed by atoms with Crippen molar-refractivity contribution in [1.29, 1.82) is 0 Å². The summed E-state index contributed by atoms with van der Waals surface area (Å²) in [5.41, 5.74) is 0.556. The predicted molar refractivity (Wildman–Crippen MR) is 85.7 cm³/mol. The highest BCUT2D eigenvalue weighted by atomic mass is 32.2. The van der Waals surface area contributed by atoms with Gasteiger partial charge >= 0.3 is 0 Å². The molecule has 0 spiro atoms. The summed E-state index contributed by atoms with van der Waals surface area (Å²) >= 11 is 1.59. The van der Waals surface area contributed by atoms with Crippen molar-refractivity contribution in [2.24, 2.45) is 0 Å². The van der Waals surface area contributed by atoms with Gasteiger partial charge in [-0.1, -0.05) is 24.3 Å². The Balaban J connectivity index is 2.08. The van der Waals surface area contributed by atoms with Crippen LogP contribution in [0.1, 0.15) is 17.3 Å². The first-order chi connectivity index (χ1) is 10.3. The van der Waals surface area contributed by atoms with Crippen molar-refractivity contribution >= 4 is 17.5 Å². The van der Waals surface area contributed by atoms with E-state index in [1.165, 1.54) is 0 Å². The number of Topliss-reactive ketones (excluding diaryl/α,β-unsaturated/α-hetero) is 1. The summed E-state index contributed by atoms with van der Waals surface area (Å²) in [7, 11) is 0. The average molecular weight is 302 g/mol. The lowest BCUT2D eigenvalue weighted by Crippen LogP contribution is -2.13. The molecule has 4 heteroatoms. The Hall–Kier alpha value is -1.94. The molecule has 0 aliphatic heterocycles. The second-order valence-electron chi connectivity index (χ2n) is 4.29.